The van der Waals surface area contributed by atoms with Gasteiger partial charge in [-0.05, 0) is 70.0 Å². The van der Waals surface area contributed by atoms with Gasteiger partial charge in [-0.3, -0.25) is 9.59 Å². The van der Waals surface area contributed by atoms with Gasteiger partial charge in [0, 0.05) is 42.5 Å². The lowest BCUT2D eigenvalue weighted by molar-refractivity contribution is -0.134. The summed E-state index contributed by atoms with van der Waals surface area (Å²) in [5.74, 6) is 0.908. The molecule has 1 amide bonds. The Morgan fingerprint density at radius 1 is 1.14 bits per heavy atom. The minimum absolute atomic E-state index is 0. The molecule has 0 spiro atoms. The van der Waals surface area contributed by atoms with Crippen molar-refractivity contribution in [2.75, 3.05) is 33.8 Å². The van der Waals surface area contributed by atoms with E-state index in [1.165, 1.54) is 0 Å². The van der Waals surface area contributed by atoms with Gasteiger partial charge < -0.3 is 19.7 Å². The topological polar surface area (TPSA) is 97.3 Å². The Labute approximate surface area is 226 Å². The molecular formula is C26H42ClN3O5S. The maximum absolute atomic E-state index is 12.4. The number of carbonyl (C=O) groups excluding carboxylic acids is 2. The van der Waals surface area contributed by atoms with E-state index in [-0.39, 0.29) is 41.9 Å². The lowest BCUT2D eigenvalue weighted by Gasteiger charge is -2.33. The molecule has 0 aliphatic heterocycles. The molecule has 1 aliphatic rings. The molecule has 0 aromatic heterocycles. The maximum atomic E-state index is 12.4. The summed E-state index contributed by atoms with van der Waals surface area (Å²) in [6.45, 7) is 5.86. The number of likely N-dealkylation sites (N-methyl/N-ethyl adjacent to an activating group) is 1. The van der Waals surface area contributed by atoms with Gasteiger partial charge in [0.2, 0.25) is 5.91 Å². The van der Waals surface area contributed by atoms with Crippen molar-refractivity contribution in [3.8, 4) is 11.5 Å². The van der Waals surface area contributed by atoms with Crippen LogP contribution in [-0.4, -0.2) is 55.3 Å². The molecular weight excluding hydrogens is 502 g/mol. The number of carbonyl (C=O) groups is 2. The van der Waals surface area contributed by atoms with E-state index >= 15 is 0 Å². The average molecular weight is 544 g/mol. The first-order valence-corrected chi connectivity index (χ1v) is 13.4. The van der Waals surface area contributed by atoms with Crippen LogP contribution in [0.25, 0.3) is 0 Å². The molecule has 1 fully saturated rings. The minimum atomic E-state index is -0.353. The Kier molecular flexibility index (Phi) is 15.0. The first-order valence-electron chi connectivity index (χ1n) is 12.7. The molecule has 1 aromatic carbocycles. The van der Waals surface area contributed by atoms with Crippen LogP contribution in [0, 0.1) is 11.8 Å². The first kappa shape index (κ1) is 32.2. The number of rotatable bonds is 15. The fourth-order valence-corrected chi connectivity index (χ4v) is 5.01. The molecule has 8 nitrogen and oxygen atoms in total. The van der Waals surface area contributed by atoms with E-state index in [0.29, 0.717) is 25.3 Å². The highest BCUT2D eigenvalue weighted by Crippen LogP contribution is 2.40. The number of esters is 1. The third-order valence-corrected chi connectivity index (χ3v) is 7.30. The van der Waals surface area contributed by atoms with Crippen molar-refractivity contribution >= 4 is 36.2 Å². The van der Waals surface area contributed by atoms with Gasteiger partial charge in [-0.15, -0.1) is 17.3 Å². The van der Waals surface area contributed by atoms with E-state index in [4.69, 9.17) is 9.47 Å². The van der Waals surface area contributed by atoms with Gasteiger partial charge in [0.25, 0.3) is 0 Å². The van der Waals surface area contributed by atoms with Crippen LogP contribution in [0.3, 0.4) is 0 Å². The zero-order valence-corrected chi connectivity index (χ0v) is 23.7. The quantitative estimate of drug-likeness (QED) is 0.133. The molecule has 0 heterocycles. The van der Waals surface area contributed by atoms with Crippen molar-refractivity contribution in [2.45, 2.75) is 82.8 Å². The molecule has 0 saturated heterocycles. The van der Waals surface area contributed by atoms with Crippen molar-refractivity contribution in [1.82, 2.24) is 10.2 Å². The Hall–Kier alpha value is -1.84. The minimum Gasteiger partial charge on any atom is -0.492 e. The normalized spacial score (nSPS) is 14.6. The van der Waals surface area contributed by atoms with E-state index in [0.717, 1.165) is 80.3 Å². The van der Waals surface area contributed by atoms with Crippen LogP contribution < -0.4 is 14.8 Å². The van der Waals surface area contributed by atoms with E-state index in [1.54, 1.807) is 0 Å². The fraction of sp³-hybridized carbons (Fsp3) is 0.692. The fourth-order valence-electron chi connectivity index (χ4n) is 4.24. The summed E-state index contributed by atoms with van der Waals surface area (Å²) in [4.78, 5) is 37.7. The van der Waals surface area contributed by atoms with Crippen LogP contribution in [0.1, 0.15) is 75.8 Å². The molecule has 0 radical (unpaired) electrons. The monoisotopic (exact) mass is 543 g/mol. The van der Waals surface area contributed by atoms with Crippen LogP contribution in [-0.2, 0) is 16.0 Å². The second-order valence-electron chi connectivity index (χ2n) is 9.64. The Bertz CT molecular complexity index is 847. The van der Waals surface area contributed by atoms with Crippen molar-refractivity contribution in [3.63, 3.8) is 0 Å². The predicted octanol–water partition coefficient (Wildman–Crippen LogP) is 5.62. The zero-order valence-electron chi connectivity index (χ0n) is 22.1. The van der Waals surface area contributed by atoms with Crippen molar-refractivity contribution in [3.05, 3.63) is 28.2 Å². The van der Waals surface area contributed by atoms with Gasteiger partial charge in [0.1, 0.15) is 18.1 Å². The van der Waals surface area contributed by atoms with E-state index in [2.05, 4.69) is 21.7 Å². The van der Waals surface area contributed by atoms with Gasteiger partial charge >= 0.3 is 5.97 Å². The van der Waals surface area contributed by atoms with Gasteiger partial charge in [-0.2, -0.15) is 0 Å². The third kappa shape index (κ3) is 11.0. The Balaban J connectivity index is 0.00000648. The lowest BCUT2D eigenvalue weighted by atomic mass is 9.88. The summed E-state index contributed by atoms with van der Waals surface area (Å²) < 4.78 is 14.3. The molecule has 204 valence electrons. The summed E-state index contributed by atoms with van der Waals surface area (Å²) in [6.07, 6.45) is 7.62. The summed E-state index contributed by atoms with van der Waals surface area (Å²) in [5, 5.41) is 2.93. The summed E-state index contributed by atoms with van der Waals surface area (Å²) in [5.41, 5.74) is 1.87. The number of benzene rings is 1. The van der Waals surface area contributed by atoms with Gasteiger partial charge in [-0.25, -0.2) is 0 Å². The lowest BCUT2D eigenvalue weighted by Crippen LogP contribution is -2.41. The van der Waals surface area contributed by atoms with Gasteiger partial charge in [0.15, 0.2) is 0 Å². The SMILES string of the molecule is CCCc1cc(OC(=O)CCCC(=O)NCC2(SN=O)CCCCC2)c(C)cc1OCCN(C)C.Cl. The molecule has 1 aromatic rings. The van der Waals surface area contributed by atoms with E-state index in [9.17, 15) is 14.5 Å². The second kappa shape index (κ2) is 16.8. The van der Waals surface area contributed by atoms with Gasteiger partial charge in [-0.1, -0.05) is 32.6 Å². The third-order valence-electron chi connectivity index (χ3n) is 6.29. The maximum Gasteiger partial charge on any atom is 0.311 e. The summed E-state index contributed by atoms with van der Waals surface area (Å²) >= 11 is 1.05. The molecule has 0 unspecified atom stereocenters. The highest BCUT2D eigenvalue weighted by molar-refractivity contribution is 7.99. The van der Waals surface area contributed by atoms with Crippen LogP contribution in [0.4, 0.5) is 0 Å². The molecule has 0 atom stereocenters. The Morgan fingerprint density at radius 3 is 2.50 bits per heavy atom. The van der Waals surface area contributed by atoms with Gasteiger partial charge in [0.05, 0.1) is 4.75 Å². The molecule has 1 aliphatic carbocycles. The average Bonchev–Trinajstić information content (AvgIpc) is 2.81. The van der Waals surface area contributed by atoms with E-state index < -0.39 is 0 Å². The largest absolute Gasteiger partial charge is 0.492 e. The smallest absolute Gasteiger partial charge is 0.311 e. The second-order valence-corrected chi connectivity index (χ2v) is 10.8. The molecule has 2 rings (SSSR count). The number of hydrogen-bond acceptors (Lipinski definition) is 8. The highest BCUT2D eigenvalue weighted by Gasteiger charge is 2.34. The van der Waals surface area contributed by atoms with Crippen LogP contribution in [0.5, 0.6) is 11.5 Å². The zero-order chi connectivity index (χ0) is 25.7. The van der Waals surface area contributed by atoms with Crippen LogP contribution >= 0.6 is 24.4 Å². The molecule has 0 bridgehead atoms. The molecule has 1 N–H and O–H groups in total. The number of nitroso groups, excluding NO2 is 1. The van der Waals surface area contributed by atoms with Crippen molar-refractivity contribution in [1.29, 1.82) is 0 Å². The molecule has 1 saturated carbocycles. The van der Waals surface area contributed by atoms with Crippen molar-refractivity contribution < 1.29 is 19.1 Å². The summed E-state index contributed by atoms with van der Waals surface area (Å²) in [7, 11) is 4.01. The Morgan fingerprint density at radius 2 is 1.86 bits per heavy atom. The van der Waals surface area contributed by atoms with Crippen LogP contribution in [0.15, 0.2) is 16.7 Å². The standard InChI is InChI=1S/C26H41N3O5S.ClH/c1-5-10-21-18-22(20(2)17-23(21)33-16-15-29(3)4)34-25(31)12-9-11-24(30)27-19-26(35-28-32)13-7-6-8-14-26;/h17-18H,5-16,19H2,1-4H3,(H,27,30);1H. The number of nitrogens with one attached hydrogen (secondary N) is 1. The number of aryl methyl sites for hydroxylation is 2. The number of amides is 1. The number of hydrogen-bond donors (Lipinski definition) is 1. The van der Waals surface area contributed by atoms with E-state index in [1.807, 2.05) is 33.2 Å². The highest BCUT2D eigenvalue weighted by atomic mass is 35.5. The number of ether oxygens (including phenoxy) is 2. The number of halogens is 1. The predicted molar refractivity (Wildman–Crippen MR) is 148 cm³/mol. The first-order chi connectivity index (χ1) is 16.8. The molecule has 36 heavy (non-hydrogen) atoms. The van der Waals surface area contributed by atoms with Crippen LogP contribution in [0.2, 0.25) is 0 Å². The van der Waals surface area contributed by atoms with Crippen molar-refractivity contribution in [2.24, 2.45) is 4.58 Å². The summed E-state index contributed by atoms with van der Waals surface area (Å²) in [6, 6.07) is 3.83. The number of nitrogens with zero attached hydrogens (tertiary/aromatic N) is 2. The molecule has 10 heteroatoms.